The summed E-state index contributed by atoms with van der Waals surface area (Å²) < 4.78 is 1.94. The second-order valence-electron chi connectivity index (χ2n) is 7.66. The predicted molar refractivity (Wildman–Crippen MR) is 128 cm³/mol. The third-order valence-electron chi connectivity index (χ3n) is 5.35. The lowest BCUT2D eigenvalue weighted by molar-refractivity contribution is 0.680. The van der Waals surface area contributed by atoms with E-state index in [2.05, 4.69) is 57.2 Å². The fourth-order valence-corrected chi connectivity index (χ4v) is 4.63. The van der Waals surface area contributed by atoms with Gasteiger partial charge in [0.15, 0.2) is 11.1 Å². The number of hydrogen-bond donors (Lipinski definition) is 2. The van der Waals surface area contributed by atoms with Crippen molar-refractivity contribution in [3.05, 3.63) is 64.9 Å². The van der Waals surface area contributed by atoms with Crippen molar-refractivity contribution in [2.24, 2.45) is 4.99 Å². The van der Waals surface area contributed by atoms with Gasteiger partial charge in [0.1, 0.15) is 0 Å². The van der Waals surface area contributed by atoms with Gasteiger partial charge in [-0.1, -0.05) is 24.3 Å². The average Bonchev–Trinajstić information content (AvgIpc) is 3.55. The van der Waals surface area contributed by atoms with Gasteiger partial charge >= 0.3 is 0 Å². The first kappa shape index (κ1) is 21.4. The third kappa shape index (κ3) is 6.07. The summed E-state index contributed by atoms with van der Waals surface area (Å²) in [4.78, 5) is 12.0. The van der Waals surface area contributed by atoms with Gasteiger partial charge in [0.05, 0.1) is 18.8 Å². The molecule has 0 atom stereocenters. The molecule has 1 aromatic carbocycles. The maximum atomic E-state index is 4.81. The van der Waals surface area contributed by atoms with Crippen LogP contribution in [0.3, 0.4) is 0 Å². The van der Waals surface area contributed by atoms with Crippen LogP contribution in [-0.4, -0.2) is 46.9 Å². The van der Waals surface area contributed by atoms with Gasteiger partial charge < -0.3 is 15.5 Å². The van der Waals surface area contributed by atoms with Crippen molar-refractivity contribution >= 4 is 22.4 Å². The van der Waals surface area contributed by atoms with Gasteiger partial charge in [-0.15, -0.1) is 11.3 Å². The Balaban J connectivity index is 1.32. The van der Waals surface area contributed by atoms with Crippen molar-refractivity contribution in [3.8, 4) is 0 Å². The first-order valence-corrected chi connectivity index (χ1v) is 12.0. The Morgan fingerprint density at radius 1 is 1.13 bits per heavy atom. The SMILES string of the molecule is CCNC(=NCc1ccccc1Cn1cccn1)NCCc1csc(N2CCCC2)n1. The van der Waals surface area contributed by atoms with Crippen LogP contribution in [0.2, 0.25) is 0 Å². The Labute approximate surface area is 188 Å². The van der Waals surface area contributed by atoms with Gasteiger partial charge in [-0.3, -0.25) is 4.68 Å². The fourth-order valence-electron chi connectivity index (χ4n) is 3.71. The summed E-state index contributed by atoms with van der Waals surface area (Å²) >= 11 is 1.76. The highest BCUT2D eigenvalue weighted by Crippen LogP contribution is 2.24. The molecule has 3 aromatic rings. The molecular weight excluding hydrogens is 406 g/mol. The van der Waals surface area contributed by atoms with E-state index in [0.29, 0.717) is 6.54 Å². The lowest BCUT2D eigenvalue weighted by atomic mass is 10.1. The van der Waals surface area contributed by atoms with Crippen LogP contribution in [0.4, 0.5) is 5.13 Å². The highest BCUT2D eigenvalue weighted by atomic mass is 32.1. The number of nitrogens with one attached hydrogen (secondary N) is 2. The normalized spacial score (nSPS) is 14.2. The van der Waals surface area contributed by atoms with E-state index in [1.54, 1.807) is 11.3 Å². The fraction of sp³-hybridized carbons (Fsp3) is 0.435. The molecule has 164 valence electrons. The lowest BCUT2D eigenvalue weighted by Crippen LogP contribution is -2.38. The number of hydrogen-bond acceptors (Lipinski definition) is 5. The van der Waals surface area contributed by atoms with Crippen LogP contribution in [0.25, 0.3) is 0 Å². The molecule has 1 fully saturated rings. The molecule has 0 spiro atoms. The van der Waals surface area contributed by atoms with Crippen LogP contribution in [0.1, 0.15) is 36.6 Å². The maximum Gasteiger partial charge on any atom is 0.191 e. The van der Waals surface area contributed by atoms with Crippen molar-refractivity contribution in [1.82, 2.24) is 25.4 Å². The average molecular weight is 438 g/mol. The minimum atomic E-state index is 0.628. The Morgan fingerprint density at radius 3 is 2.74 bits per heavy atom. The number of nitrogens with zero attached hydrogens (tertiary/aromatic N) is 5. The standard InChI is InChI=1S/C23H31N7S/c1-2-24-22(25-12-10-21-18-31-23(28-21)29-13-5-6-14-29)26-16-19-8-3-4-9-20(19)17-30-15-7-11-27-30/h3-4,7-9,11,15,18H,2,5-6,10,12-14,16-17H2,1H3,(H2,24,25,26). The van der Waals surface area contributed by atoms with E-state index in [9.17, 15) is 0 Å². The molecule has 0 saturated carbocycles. The van der Waals surface area contributed by atoms with Crippen LogP contribution in [0, 0.1) is 0 Å². The number of aromatic nitrogens is 3. The highest BCUT2D eigenvalue weighted by Gasteiger charge is 2.15. The zero-order chi connectivity index (χ0) is 21.3. The summed E-state index contributed by atoms with van der Waals surface area (Å²) in [5, 5.41) is 14.5. The molecule has 0 radical (unpaired) electrons. The Bertz CT molecular complexity index is 958. The molecule has 31 heavy (non-hydrogen) atoms. The van der Waals surface area contributed by atoms with E-state index in [1.807, 2.05) is 23.1 Å². The smallest absolute Gasteiger partial charge is 0.191 e. The second-order valence-corrected chi connectivity index (χ2v) is 8.50. The van der Waals surface area contributed by atoms with E-state index in [0.717, 1.165) is 50.8 Å². The molecule has 8 heteroatoms. The Kier molecular flexibility index (Phi) is 7.55. The molecule has 1 aliphatic rings. The topological polar surface area (TPSA) is 70.4 Å². The van der Waals surface area contributed by atoms with Crippen LogP contribution in [0.15, 0.2) is 53.1 Å². The summed E-state index contributed by atoms with van der Waals surface area (Å²) in [6.07, 6.45) is 7.25. The minimum absolute atomic E-state index is 0.628. The number of anilines is 1. The van der Waals surface area contributed by atoms with Crippen molar-refractivity contribution in [3.63, 3.8) is 0 Å². The molecule has 0 aliphatic carbocycles. The zero-order valence-corrected chi connectivity index (χ0v) is 18.9. The zero-order valence-electron chi connectivity index (χ0n) is 18.1. The molecule has 2 N–H and O–H groups in total. The first-order valence-electron chi connectivity index (χ1n) is 11.1. The predicted octanol–water partition coefficient (Wildman–Crippen LogP) is 3.29. The highest BCUT2D eigenvalue weighted by molar-refractivity contribution is 7.13. The van der Waals surface area contributed by atoms with Crippen molar-refractivity contribution in [1.29, 1.82) is 0 Å². The van der Waals surface area contributed by atoms with Gasteiger partial charge in [0.25, 0.3) is 0 Å². The van der Waals surface area contributed by atoms with E-state index < -0.39 is 0 Å². The molecule has 0 bridgehead atoms. The van der Waals surface area contributed by atoms with Crippen LogP contribution in [-0.2, 0) is 19.5 Å². The van der Waals surface area contributed by atoms with Gasteiger partial charge in [0, 0.05) is 50.4 Å². The quantitative estimate of drug-likeness (QED) is 0.397. The molecule has 0 unspecified atom stereocenters. The summed E-state index contributed by atoms with van der Waals surface area (Å²) in [5.74, 6) is 0.839. The monoisotopic (exact) mass is 437 g/mol. The summed E-state index contributed by atoms with van der Waals surface area (Å²) in [6.45, 7) is 7.40. The van der Waals surface area contributed by atoms with E-state index in [1.165, 1.54) is 29.1 Å². The first-order chi connectivity index (χ1) is 15.3. The van der Waals surface area contributed by atoms with Crippen molar-refractivity contribution in [2.45, 2.75) is 39.3 Å². The number of benzene rings is 1. The minimum Gasteiger partial charge on any atom is -0.357 e. The van der Waals surface area contributed by atoms with Crippen LogP contribution in [0.5, 0.6) is 0 Å². The molecular formula is C23H31N7S. The third-order valence-corrected chi connectivity index (χ3v) is 6.30. The number of guanidine groups is 1. The molecule has 2 aromatic heterocycles. The van der Waals surface area contributed by atoms with Gasteiger partial charge in [-0.25, -0.2) is 9.98 Å². The summed E-state index contributed by atoms with van der Waals surface area (Å²) in [7, 11) is 0. The molecule has 1 saturated heterocycles. The van der Waals surface area contributed by atoms with Gasteiger partial charge in [-0.2, -0.15) is 5.10 Å². The Morgan fingerprint density at radius 2 is 1.97 bits per heavy atom. The Hall–Kier alpha value is -2.87. The van der Waals surface area contributed by atoms with E-state index in [-0.39, 0.29) is 0 Å². The van der Waals surface area contributed by atoms with Gasteiger partial charge in [0.2, 0.25) is 0 Å². The van der Waals surface area contributed by atoms with E-state index >= 15 is 0 Å². The van der Waals surface area contributed by atoms with Crippen molar-refractivity contribution in [2.75, 3.05) is 31.1 Å². The summed E-state index contributed by atoms with van der Waals surface area (Å²) in [6, 6.07) is 10.4. The number of aliphatic imine (C=N–C) groups is 1. The largest absolute Gasteiger partial charge is 0.357 e. The maximum absolute atomic E-state index is 4.81. The van der Waals surface area contributed by atoms with Crippen LogP contribution >= 0.6 is 11.3 Å². The van der Waals surface area contributed by atoms with E-state index in [4.69, 9.17) is 9.98 Å². The number of rotatable bonds is 9. The lowest BCUT2D eigenvalue weighted by Gasteiger charge is -2.13. The molecule has 0 amide bonds. The van der Waals surface area contributed by atoms with Gasteiger partial charge in [-0.05, 0) is 37.0 Å². The molecule has 1 aliphatic heterocycles. The van der Waals surface area contributed by atoms with Crippen molar-refractivity contribution < 1.29 is 0 Å². The second kappa shape index (κ2) is 10.9. The molecule has 4 rings (SSSR count). The summed E-state index contributed by atoms with van der Waals surface area (Å²) in [5.41, 5.74) is 3.60. The molecule has 7 nitrogen and oxygen atoms in total. The molecule has 3 heterocycles. The van der Waals surface area contributed by atoms with Crippen LogP contribution < -0.4 is 15.5 Å². The number of thiazole rings is 1.